The molecule has 17 heavy (non-hydrogen) atoms. The lowest BCUT2D eigenvalue weighted by atomic mass is 9.95. The lowest BCUT2D eigenvalue weighted by molar-refractivity contribution is 0.111. The van der Waals surface area contributed by atoms with Gasteiger partial charge in [0.1, 0.15) is 5.60 Å². The Balaban J connectivity index is 2.41. The van der Waals surface area contributed by atoms with E-state index in [4.69, 9.17) is 0 Å². The average molecular weight is 232 g/mol. The molecule has 1 rings (SSSR count). The fourth-order valence-electron chi connectivity index (χ4n) is 1.87. The molecule has 1 N–H and O–H groups in total. The highest BCUT2D eigenvalue weighted by Crippen LogP contribution is 2.22. The molecule has 0 aromatic heterocycles. The molecule has 1 atom stereocenters. The van der Waals surface area contributed by atoms with E-state index in [0.29, 0.717) is 0 Å². The zero-order valence-corrected chi connectivity index (χ0v) is 11.0. The van der Waals surface area contributed by atoms with Gasteiger partial charge in [0.15, 0.2) is 0 Å². The summed E-state index contributed by atoms with van der Waals surface area (Å²) in [6.07, 6.45) is 10.2. The lowest BCUT2D eigenvalue weighted by Gasteiger charge is -2.19. The van der Waals surface area contributed by atoms with Crippen molar-refractivity contribution in [2.75, 3.05) is 0 Å². The molecule has 0 radical (unpaired) electrons. The Bertz CT molecular complexity index is 325. The van der Waals surface area contributed by atoms with Crippen LogP contribution in [0.25, 0.3) is 0 Å². The van der Waals surface area contributed by atoms with Crippen molar-refractivity contribution in [3.8, 4) is 0 Å². The molecule has 0 bridgehead atoms. The molecule has 0 heterocycles. The fourth-order valence-corrected chi connectivity index (χ4v) is 1.87. The predicted octanol–water partition coefficient (Wildman–Crippen LogP) is 4.42. The molecular formula is C16H24O. The van der Waals surface area contributed by atoms with Gasteiger partial charge in [-0.05, 0) is 25.3 Å². The maximum absolute atomic E-state index is 10.3. The molecule has 0 fully saturated rings. The highest BCUT2D eigenvalue weighted by molar-refractivity contribution is 5.25. The molecule has 0 spiro atoms. The summed E-state index contributed by atoms with van der Waals surface area (Å²) >= 11 is 0. The quantitative estimate of drug-likeness (QED) is 0.545. The van der Waals surface area contributed by atoms with E-state index in [-0.39, 0.29) is 0 Å². The number of aliphatic hydroxyl groups is 1. The van der Waals surface area contributed by atoms with Crippen molar-refractivity contribution in [2.45, 2.75) is 51.6 Å². The van der Waals surface area contributed by atoms with Crippen LogP contribution in [0.15, 0.2) is 42.5 Å². The van der Waals surface area contributed by atoms with Gasteiger partial charge < -0.3 is 5.11 Å². The van der Waals surface area contributed by atoms with E-state index < -0.39 is 5.60 Å². The first-order chi connectivity index (χ1) is 8.17. The molecule has 0 aliphatic heterocycles. The van der Waals surface area contributed by atoms with Gasteiger partial charge in [-0.3, -0.25) is 0 Å². The molecule has 0 amide bonds. The van der Waals surface area contributed by atoms with Crippen molar-refractivity contribution in [3.63, 3.8) is 0 Å². The molecule has 1 heteroatoms. The first kappa shape index (κ1) is 14.0. The molecule has 94 valence electrons. The highest BCUT2D eigenvalue weighted by Gasteiger charge is 2.17. The zero-order valence-electron chi connectivity index (χ0n) is 11.0. The summed E-state index contributed by atoms with van der Waals surface area (Å²) < 4.78 is 0. The third kappa shape index (κ3) is 5.18. The van der Waals surface area contributed by atoms with Gasteiger partial charge in [0.05, 0.1) is 0 Å². The standard InChI is InChI=1S/C16H24O/c1-3-4-5-6-7-11-14-16(2,17)15-12-9-8-10-13-15/h8-14,17H,3-7H2,1-2H3/b14-11+. The van der Waals surface area contributed by atoms with Gasteiger partial charge in [-0.2, -0.15) is 0 Å². The maximum atomic E-state index is 10.3. The third-order valence-corrected chi connectivity index (χ3v) is 3.02. The molecule has 1 unspecified atom stereocenters. The van der Waals surface area contributed by atoms with Gasteiger partial charge in [0, 0.05) is 0 Å². The van der Waals surface area contributed by atoms with Crippen LogP contribution in [-0.2, 0) is 5.60 Å². The largest absolute Gasteiger partial charge is 0.381 e. The van der Waals surface area contributed by atoms with Crippen molar-refractivity contribution in [3.05, 3.63) is 48.0 Å². The van der Waals surface area contributed by atoms with Gasteiger partial charge in [0.25, 0.3) is 0 Å². The van der Waals surface area contributed by atoms with Crippen molar-refractivity contribution < 1.29 is 5.11 Å². The highest BCUT2D eigenvalue weighted by atomic mass is 16.3. The van der Waals surface area contributed by atoms with Crippen LogP contribution in [-0.4, -0.2) is 5.11 Å². The van der Waals surface area contributed by atoms with Crippen molar-refractivity contribution >= 4 is 0 Å². The van der Waals surface area contributed by atoms with E-state index in [1.807, 2.05) is 43.3 Å². The minimum Gasteiger partial charge on any atom is -0.381 e. The number of rotatable bonds is 7. The van der Waals surface area contributed by atoms with E-state index in [1.165, 1.54) is 25.7 Å². The monoisotopic (exact) mass is 232 g/mol. The average Bonchev–Trinajstić information content (AvgIpc) is 2.35. The second kappa shape index (κ2) is 7.29. The summed E-state index contributed by atoms with van der Waals surface area (Å²) in [5, 5.41) is 10.3. The van der Waals surface area contributed by atoms with Crippen LogP contribution in [0, 0.1) is 0 Å². The van der Waals surface area contributed by atoms with Crippen LogP contribution in [0.1, 0.15) is 51.5 Å². The predicted molar refractivity (Wildman–Crippen MR) is 73.9 cm³/mol. The number of hydrogen-bond donors (Lipinski definition) is 1. The summed E-state index contributed by atoms with van der Waals surface area (Å²) in [7, 11) is 0. The van der Waals surface area contributed by atoms with Gasteiger partial charge in [-0.25, -0.2) is 0 Å². The third-order valence-electron chi connectivity index (χ3n) is 3.02. The topological polar surface area (TPSA) is 20.2 Å². The SMILES string of the molecule is CCCCCC/C=C/C(C)(O)c1ccccc1. The summed E-state index contributed by atoms with van der Waals surface area (Å²) in [6, 6.07) is 9.80. The number of hydrogen-bond acceptors (Lipinski definition) is 1. The number of benzene rings is 1. The Morgan fingerprint density at radius 1 is 1.12 bits per heavy atom. The Hall–Kier alpha value is -1.08. The van der Waals surface area contributed by atoms with Crippen LogP contribution in [0.2, 0.25) is 0 Å². The van der Waals surface area contributed by atoms with Gasteiger partial charge in [-0.1, -0.05) is 68.7 Å². The van der Waals surface area contributed by atoms with E-state index >= 15 is 0 Å². The number of unbranched alkanes of at least 4 members (excludes halogenated alkanes) is 4. The summed E-state index contributed by atoms with van der Waals surface area (Å²) in [6.45, 7) is 4.06. The van der Waals surface area contributed by atoms with Crippen molar-refractivity contribution in [2.24, 2.45) is 0 Å². The lowest BCUT2D eigenvalue weighted by Crippen LogP contribution is -2.17. The molecule has 0 saturated heterocycles. The fraction of sp³-hybridized carbons (Fsp3) is 0.500. The molecule has 1 nitrogen and oxygen atoms in total. The smallest absolute Gasteiger partial charge is 0.105 e. The molecule has 0 saturated carbocycles. The van der Waals surface area contributed by atoms with Gasteiger partial charge in [-0.15, -0.1) is 0 Å². The molecule has 0 aliphatic rings. The first-order valence-corrected chi connectivity index (χ1v) is 6.62. The second-order valence-corrected chi connectivity index (χ2v) is 4.77. The normalized spacial score (nSPS) is 15.0. The first-order valence-electron chi connectivity index (χ1n) is 6.62. The van der Waals surface area contributed by atoms with Crippen LogP contribution in [0.3, 0.4) is 0 Å². The minimum atomic E-state index is -0.841. The molecular weight excluding hydrogens is 208 g/mol. The van der Waals surface area contributed by atoms with Gasteiger partial charge in [0.2, 0.25) is 0 Å². The van der Waals surface area contributed by atoms with Crippen molar-refractivity contribution in [1.82, 2.24) is 0 Å². The van der Waals surface area contributed by atoms with Crippen LogP contribution in [0.4, 0.5) is 0 Å². The summed E-state index contributed by atoms with van der Waals surface area (Å²) in [5.74, 6) is 0. The van der Waals surface area contributed by atoms with Crippen LogP contribution in [0.5, 0.6) is 0 Å². The number of allylic oxidation sites excluding steroid dienone is 1. The Morgan fingerprint density at radius 2 is 1.82 bits per heavy atom. The Labute approximate surface area is 105 Å². The molecule has 1 aromatic carbocycles. The summed E-state index contributed by atoms with van der Waals surface area (Å²) in [5.41, 5.74) is 0.108. The van der Waals surface area contributed by atoms with Crippen LogP contribution >= 0.6 is 0 Å². The molecule has 1 aromatic rings. The molecule has 0 aliphatic carbocycles. The minimum absolute atomic E-state index is 0.841. The van der Waals surface area contributed by atoms with Crippen molar-refractivity contribution in [1.29, 1.82) is 0 Å². The Kier molecular flexibility index (Phi) is 5.99. The van der Waals surface area contributed by atoms with E-state index in [2.05, 4.69) is 13.0 Å². The van der Waals surface area contributed by atoms with E-state index in [9.17, 15) is 5.11 Å². The Morgan fingerprint density at radius 3 is 2.47 bits per heavy atom. The summed E-state index contributed by atoms with van der Waals surface area (Å²) in [4.78, 5) is 0. The van der Waals surface area contributed by atoms with E-state index in [0.717, 1.165) is 12.0 Å². The second-order valence-electron chi connectivity index (χ2n) is 4.77. The maximum Gasteiger partial charge on any atom is 0.105 e. The van der Waals surface area contributed by atoms with Gasteiger partial charge >= 0.3 is 0 Å². The van der Waals surface area contributed by atoms with Crippen LogP contribution < -0.4 is 0 Å². The zero-order chi connectivity index (χ0) is 12.6. The van der Waals surface area contributed by atoms with E-state index in [1.54, 1.807) is 0 Å².